The molecule has 142 valence electrons. The van der Waals surface area contributed by atoms with Crippen LogP contribution >= 0.6 is 0 Å². The highest BCUT2D eigenvalue weighted by Crippen LogP contribution is 2.49. The Labute approximate surface area is 165 Å². The van der Waals surface area contributed by atoms with Gasteiger partial charge in [-0.25, -0.2) is 9.97 Å². The molecule has 4 heteroatoms. The second kappa shape index (κ2) is 7.55. The Morgan fingerprint density at radius 3 is 2.21 bits per heavy atom. The Kier molecular flexibility index (Phi) is 4.95. The molecule has 0 unspecified atom stereocenters. The Bertz CT molecular complexity index is 974. The minimum atomic E-state index is -0.145. The summed E-state index contributed by atoms with van der Waals surface area (Å²) in [5, 5.41) is 0. The highest BCUT2D eigenvalue weighted by Gasteiger charge is 2.40. The number of nitrogens with zero attached hydrogens (tertiary/aromatic N) is 2. The van der Waals surface area contributed by atoms with Gasteiger partial charge in [-0.3, -0.25) is 4.79 Å². The standard InChI is InChI=1S/C24H24N2O2/c1-17-4-6-19(7-5-17)24(13-3-14-24)20-8-10-22(11-9-20)28-16-21-12-15-25-23(26-21)18(2)27/h4-12,15H,3,13-14,16H2,1-2H3. The minimum Gasteiger partial charge on any atom is -0.487 e. The predicted octanol–water partition coefficient (Wildman–Crippen LogP) is 5.04. The molecule has 4 rings (SSSR count). The van der Waals surface area contributed by atoms with Crippen LogP contribution in [0.25, 0.3) is 0 Å². The Balaban J connectivity index is 1.48. The molecule has 4 nitrogen and oxygen atoms in total. The molecule has 0 radical (unpaired) electrons. The summed E-state index contributed by atoms with van der Waals surface area (Å²) in [6, 6.07) is 19.1. The summed E-state index contributed by atoms with van der Waals surface area (Å²) in [7, 11) is 0. The van der Waals surface area contributed by atoms with Crippen molar-refractivity contribution in [3.05, 3.63) is 89.0 Å². The summed E-state index contributed by atoms with van der Waals surface area (Å²) >= 11 is 0. The largest absolute Gasteiger partial charge is 0.487 e. The quantitative estimate of drug-likeness (QED) is 0.569. The maximum atomic E-state index is 11.4. The van der Waals surface area contributed by atoms with Crippen molar-refractivity contribution in [2.45, 2.75) is 45.1 Å². The van der Waals surface area contributed by atoms with Gasteiger partial charge in [0.1, 0.15) is 12.4 Å². The van der Waals surface area contributed by atoms with Crippen LogP contribution < -0.4 is 4.74 Å². The summed E-state index contributed by atoms with van der Waals surface area (Å²) in [5.74, 6) is 0.875. The number of carbonyl (C=O) groups is 1. The van der Waals surface area contributed by atoms with Crippen LogP contribution in [0.3, 0.4) is 0 Å². The van der Waals surface area contributed by atoms with Crippen molar-refractivity contribution in [3.8, 4) is 5.75 Å². The molecule has 0 amide bonds. The van der Waals surface area contributed by atoms with E-state index >= 15 is 0 Å². The lowest BCUT2D eigenvalue weighted by Gasteiger charge is -2.43. The first-order valence-corrected chi connectivity index (χ1v) is 9.70. The molecule has 1 aliphatic carbocycles. The predicted molar refractivity (Wildman–Crippen MR) is 109 cm³/mol. The average molecular weight is 372 g/mol. The van der Waals surface area contributed by atoms with Crippen LogP contribution in [0.1, 0.15) is 59.2 Å². The van der Waals surface area contributed by atoms with Gasteiger partial charge >= 0.3 is 0 Å². The van der Waals surface area contributed by atoms with Crippen molar-refractivity contribution in [1.82, 2.24) is 9.97 Å². The molecule has 28 heavy (non-hydrogen) atoms. The fourth-order valence-corrected chi connectivity index (χ4v) is 3.82. The lowest BCUT2D eigenvalue weighted by atomic mass is 9.60. The van der Waals surface area contributed by atoms with Crippen LogP contribution in [0, 0.1) is 6.92 Å². The molecule has 1 saturated carbocycles. The van der Waals surface area contributed by atoms with Crippen LogP contribution in [0.15, 0.2) is 60.8 Å². The zero-order valence-electron chi connectivity index (χ0n) is 16.3. The van der Waals surface area contributed by atoms with Gasteiger partial charge in [-0.15, -0.1) is 0 Å². The first-order chi connectivity index (χ1) is 13.6. The zero-order chi connectivity index (χ0) is 19.6. The Morgan fingerprint density at radius 2 is 1.64 bits per heavy atom. The van der Waals surface area contributed by atoms with E-state index in [1.807, 2.05) is 12.1 Å². The van der Waals surface area contributed by atoms with E-state index in [1.54, 1.807) is 12.3 Å². The molecule has 0 spiro atoms. The topological polar surface area (TPSA) is 52.1 Å². The fraction of sp³-hybridized carbons (Fsp3) is 0.292. The van der Waals surface area contributed by atoms with Crippen molar-refractivity contribution in [2.75, 3.05) is 0 Å². The van der Waals surface area contributed by atoms with E-state index < -0.39 is 0 Å². The van der Waals surface area contributed by atoms with E-state index in [2.05, 4.69) is 53.3 Å². The monoisotopic (exact) mass is 372 g/mol. The third kappa shape index (κ3) is 3.55. The smallest absolute Gasteiger partial charge is 0.196 e. The molecular formula is C24H24N2O2. The lowest BCUT2D eigenvalue weighted by Crippen LogP contribution is -2.35. The molecule has 2 aromatic carbocycles. The maximum absolute atomic E-state index is 11.4. The van der Waals surface area contributed by atoms with Crippen molar-refractivity contribution in [1.29, 1.82) is 0 Å². The molecule has 1 aliphatic rings. The molecule has 1 fully saturated rings. The van der Waals surface area contributed by atoms with E-state index in [9.17, 15) is 4.79 Å². The van der Waals surface area contributed by atoms with Crippen LogP contribution in [-0.2, 0) is 12.0 Å². The Hall–Kier alpha value is -3.01. The zero-order valence-corrected chi connectivity index (χ0v) is 16.3. The highest BCUT2D eigenvalue weighted by molar-refractivity contribution is 5.90. The van der Waals surface area contributed by atoms with Crippen molar-refractivity contribution in [3.63, 3.8) is 0 Å². The van der Waals surface area contributed by atoms with E-state index in [4.69, 9.17) is 4.74 Å². The lowest BCUT2D eigenvalue weighted by molar-refractivity contribution is 0.100. The number of hydrogen-bond donors (Lipinski definition) is 0. The summed E-state index contributed by atoms with van der Waals surface area (Å²) in [4.78, 5) is 19.6. The van der Waals surface area contributed by atoms with Crippen LogP contribution in [0.4, 0.5) is 0 Å². The van der Waals surface area contributed by atoms with Crippen molar-refractivity contribution < 1.29 is 9.53 Å². The molecule has 0 N–H and O–H groups in total. The molecule has 0 atom stereocenters. The number of aryl methyl sites for hydroxylation is 1. The van der Waals surface area contributed by atoms with Gasteiger partial charge < -0.3 is 4.74 Å². The third-order valence-electron chi connectivity index (χ3n) is 5.63. The number of ketones is 1. The number of Topliss-reactive ketones (excluding diaryl/α,β-unsaturated/α-hetero) is 1. The van der Waals surface area contributed by atoms with E-state index in [-0.39, 0.29) is 17.0 Å². The van der Waals surface area contributed by atoms with Crippen LogP contribution in [0.5, 0.6) is 5.75 Å². The van der Waals surface area contributed by atoms with Gasteiger partial charge in [0.15, 0.2) is 11.6 Å². The molecular weight excluding hydrogens is 348 g/mol. The summed E-state index contributed by atoms with van der Waals surface area (Å²) in [6.45, 7) is 3.90. The van der Waals surface area contributed by atoms with E-state index in [0.717, 1.165) is 5.75 Å². The van der Waals surface area contributed by atoms with Gasteiger partial charge in [0.25, 0.3) is 0 Å². The molecule has 0 bridgehead atoms. The van der Waals surface area contributed by atoms with E-state index in [0.29, 0.717) is 12.3 Å². The van der Waals surface area contributed by atoms with Crippen molar-refractivity contribution >= 4 is 5.78 Å². The maximum Gasteiger partial charge on any atom is 0.196 e. The first-order valence-electron chi connectivity index (χ1n) is 9.70. The summed E-state index contributed by atoms with van der Waals surface area (Å²) in [5.41, 5.74) is 4.86. The van der Waals surface area contributed by atoms with Crippen LogP contribution in [0.2, 0.25) is 0 Å². The third-order valence-corrected chi connectivity index (χ3v) is 5.63. The van der Waals surface area contributed by atoms with Gasteiger partial charge in [-0.1, -0.05) is 48.4 Å². The number of aromatic nitrogens is 2. The number of rotatable bonds is 6. The number of benzene rings is 2. The van der Waals surface area contributed by atoms with Gasteiger partial charge in [0.2, 0.25) is 0 Å². The van der Waals surface area contributed by atoms with Gasteiger partial charge in [0.05, 0.1) is 5.69 Å². The highest BCUT2D eigenvalue weighted by atomic mass is 16.5. The van der Waals surface area contributed by atoms with Crippen molar-refractivity contribution in [2.24, 2.45) is 0 Å². The van der Waals surface area contributed by atoms with Gasteiger partial charge in [-0.05, 0) is 49.1 Å². The number of ether oxygens (including phenoxy) is 1. The molecule has 0 saturated heterocycles. The number of hydrogen-bond acceptors (Lipinski definition) is 4. The normalized spacial score (nSPS) is 14.9. The first kappa shape index (κ1) is 18.4. The molecule has 3 aromatic rings. The number of carbonyl (C=O) groups excluding carboxylic acids is 1. The minimum absolute atomic E-state index is 0.134. The average Bonchev–Trinajstić information content (AvgIpc) is 2.68. The summed E-state index contributed by atoms with van der Waals surface area (Å²) in [6.07, 6.45) is 5.22. The van der Waals surface area contributed by atoms with E-state index in [1.165, 1.54) is 42.9 Å². The molecule has 1 heterocycles. The van der Waals surface area contributed by atoms with Gasteiger partial charge in [-0.2, -0.15) is 0 Å². The SMILES string of the molecule is CC(=O)c1nccc(COc2ccc(C3(c4ccc(C)cc4)CCC3)cc2)n1. The van der Waals surface area contributed by atoms with Crippen LogP contribution in [-0.4, -0.2) is 15.8 Å². The van der Waals surface area contributed by atoms with Gasteiger partial charge in [0, 0.05) is 18.5 Å². The second-order valence-corrected chi connectivity index (χ2v) is 7.54. The molecule has 1 aromatic heterocycles. The molecule has 0 aliphatic heterocycles. The summed E-state index contributed by atoms with van der Waals surface area (Å²) < 4.78 is 5.87. The Morgan fingerprint density at radius 1 is 1.00 bits per heavy atom. The second-order valence-electron chi connectivity index (χ2n) is 7.54. The fourth-order valence-electron chi connectivity index (χ4n) is 3.82.